The van der Waals surface area contributed by atoms with Crippen LogP contribution in [0.5, 0.6) is 11.5 Å². The van der Waals surface area contributed by atoms with E-state index in [1.807, 2.05) is 38.1 Å². The van der Waals surface area contributed by atoms with Gasteiger partial charge in [-0.15, -0.1) is 0 Å². The van der Waals surface area contributed by atoms with E-state index >= 15 is 0 Å². The topological polar surface area (TPSA) is 88.5 Å². The molecule has 1 atom stereocenters. The zero-order valence-electron chi connectivity index (χ0n) is 21.7. The van der Waals surface area contributed by atoms with Crippen LogP contribution in [0, 0.1) is 0 Å². The first kappa shape index (κ1) is 26.7. The van der Waals surface area contributed by atoms with E-state index in [0.717, 1.165) is 31.6 Å². The van der Waals surface area contributed by atoms with Gasteiger partial charge in [-0.05, 0) is 61.7 Å². The van der Waals surface area contributed by atoms with E-state index in [9.17, 15) is 14.7 Å². The van der Waals surface area contributed by atoms with Crippen LogP contribution >= 0.6 is 0 Å². The summed E-state index contributed by atoms with van der Waals surface area (Å²) >= 11 is 0. The third kappa shape index (κ3) is 6.32. The average Bonchev–Trinajstić information content (AvgIpc) is 3.18. The van der Waals surface area contributed by atoms with Gasteiger partial charge in [0.1, 0.15) is 17.3 Å². The molecule has 4 rings (SSSR count). The molecular formula is C29H36N2O6. The third-order valence-electron chi connectivity index (χ3n) is 6.62. The second kappa shape index (κ2) is 12.7. The molecule has 2 fully saturated rings. The van der Waals surface area contributed by atoms with Gasteiger partial charge >= 0.3 is 0 Å². The fraction of sp³-hybridized carbons (Fsp3) is 0.448. The maximum atomic E-state index is 13.3. The van der Waals surface area contributed by atoms with Crippen LogP contribution < -0.4 is 9.47 Å². The van der Waals surface area contributed by atoms with Gasteiger partial charge in [-0.3, -0.25) is 14.5 Å². The number of hydrogen-bond donors (Lipinski definition) is 1. The van der Waals surface area contributed by atoms with E-state index in [1.54, 1.807) is 29.2 Å². The Kier molecular flexibility index (Phi) is 9.19. The first-order valence-electron chi connectivity index (χ1n) is 13.1. The molecule has 2 aliphatic heterocycles. The van der Waals surface area contributed by atoms with Crippen LogP contribution in [0.1, 0.15) is 43.9 Å². The molecule has 37 heavy (non-hydrogen) atoms. The van der Waals surface area contributed by atoms with Crippen molar-refractivity contribution in [3.8, 4) is 11.5 Å². The maximum absolute atomic E-state index is 13.3. The van der Waals surface area contributed by atoms with Crippen LogP contribution in [-0.4, -0.2) is 79.2 Å². The summed E-state index contributed by atoms with van der Waals surface area (Å²) in [6.45, 7) is 9.42. The number of ether oxygens (including phenoxy) is 3. The number of Topliss-reactive ketones (excluding diaryl/α,β-unsaturated/α-hetero) is 1. The Morgan fingerprint density at radius 1 is 0.946 bits per heavy atom. The predicted octanol–water partition coefficient (Wildman–Crippen LogP) is 4.02. The summed E-state index contributed by atoms with van der Waals surface area (Å²) in [6, 6.07) is 13.6. The number of nitrogens with zero attached hydrogens (tertiary/aromatic N) is 2. The molecular weight excluding hydrogens is 472 g/mol. The van der Waals surface area contributed by atoms with E-state index in [-0.39, 0.29) is 11.3 Å². The quantitative estimate of drug-likeness (QED) is 0.279. The number of carbonyl (C=O) groups is 2. The van der Waals surface area contributed by atoms with Crippen LogP contribution in [0.15, 0.2) is 54.1 Å². The molecule has 8 heteroatoms. The molecule has 198 valence electrons. The standard InChI is InChI=1S/C29H36N2O6/c1-3-18-37-24-12-8-22(9-13-24)27(32)25-26(21-6-10-23(11-7-21)36-4-2)31(29(34)28(25)33)15-5-14-30-16-19-35-20-17-30/h6-13,26,32H,3-5,14-20H2,1-2H3/b27-25+/t26-/m1/s1. The fourth-order valence-corrected chi connectivity index (χ4v) is 4.74. The maximum Gasteiger partial charge on any atom is 0.295 e. The van der Waals surface area contributed by atoms with Gasteiger partial charge in [0.05, 0.1) is 38.0 Å². The molecule has 0 unspecified atom stereocenters. The Bertz CT molecular complexity index is 1090. The number of likely N-dealkylation sites (tertiary alicyclic amines) is 1. The lowest BCUT2D eigenvalue weighted by Gasteiger charge is -2.29. The van der Waals surface area contributed by atoms with Crippen molar-refractivity contribution in [3.63, 3.8) is 0 Å². The van der Waals surface area contributed by atoms with E-state index < -0.39 is 17.7 Å². The molecule has 0 aromatic heterocycles. The lowest BCUT2D eigenvalue weighted by Crippen LogP contribution is -2.38. The van der Waals surface area contributed by atoms with Crippen LogP contribution in [0.2, 0.25) is 0 Å². The summed E-state index contributed by atoms with van der Waals surface area (Å²) in [7, 11) is 0. The molecule has 0 saturated carbocycles. The minimum Gasteiger partial charge on any atom is -0.507 e. The summed E-state index contributed by atoms with van der Waals surface area (Å²) in [5.74, 6) is -0.0578. The number of aliphatic hydroxyl groups excluding tert-OH is 1. The molecule has 0 spiro atoms. The summed E-state index contributed by atoms with van der Waals surface area (Å²) in [6.07, 6.45) is 1.60. The van der Waals surface area contributed by atoms with E-state index in [0.29, 0.717) is 56.5 Å². The molecule has 2 aromatic rings. The molecule has 2 aliphatic rings. The van der Waals surface area contributed by atoms with Gasteiger partial charge in [0.15, 0.2) is 0 Å². The summed E-state index contributed by atoms with van der Waals surface area (Å²) < 4.78 is 16.6. The van der Waals surface area contributed by atoms with Crippen LogP contribution in [0.25, 0.3) is 5.76 Å². The Hall–Kier alpha value is -3.36. The van der Waals surface area contributed by atoms with Crippen molar-refractivity contribution < 1.29 is 28.9 Å². The number of ketones is 1. The van der Waals surface area contributed by atoms with Crippen molar-refractivity contribution in [3.05, 3.63) is 65.2 Å². The second-order valence-electron chi connectivity index (χ2n) is 9.17. The van der Waals surface area contributed by atoms with Crippen molar-refractivity contribution in [2.45, 2.75) is 32.7 Å². The van der Waals surface area contributed by atoms with Crippen molar-refractivity contribution in [1.29, 1.82) is 0 Å². The Labute approximate surface area is 218 Å². The monoisotopic (exact) mass is 508 g/mol. The molecule has 2 saturated heterocycles. The Morgan fingerprint density at radius 3 is 2.24 bits per heavy atom. The number of hydrogen-bond acceptors (Lipinski definition) is 7. The molecule has 0 radical (unpaired) electrons. The number of rotatable bonds is 11. The van der Waals surface area contributed by atoms with Gasteiger partial charge in [0.25, 0.3) is 11.7 Å². The predicted molar refractivity (Wildman–Crippen MR) is 141 cm³/mol. The average molecular weight is 509 g/mol. The van der Waals surface area contributed by atoms with Crippen molar-refractivity contribution in [2.75, 3.05) is 52.6 Å². The smallest absolute Gasteiger partial charge is 0.295 e. The zero-order chi connectivity index (χ0) is 26.2. The van der Waals surface area contributed by atoms with Gasteiger partial charge in [-0.1, -0.05) is 19.1 Å². The van der Waals surface area contributed by atoms with E-state index in [2.05, 4.69) is 4.90 Å². The molecule has 0 aliphatic carbocycles. The van der Waals surface area contributed by atoms with Crippen molar-refractivity contribution in [2.24, 2.45) is 0 Å². The van der Waals surface area contributed by atoms with Gasteiger partial charge in [0, 0.05) is 31.7 Å². The van der Waals surface area contributed by atoms with Crippen LogP contribution in [0.3, 0.4) is 0 Å². The molecule has 2 aromatic carbocycles. The van der Waals surface area contributed by atoms with Crippen molar-refractivity contribution in [1.82, 2.24) is 9.80 Å². The number of benzene rings is 2. The number of aliphatic hydroxyl groups is 1. The zero-order valence-corrected chi connectivity index (χ0v) is 21.7. The highest BCUT2D eigenvalue weighted by Crippen LogP contribution is 2.40. The molecule has 1 amide bonds. The van der Waals surface area contributed by atoms with E-state index in [4.69, 9.17) is 14.2 Å². The summed E-state index contributed by atoms with van der Waals surface area (Å²) in [5.41, 5.74) is 1.31. The number of amides is 1. The largest absolute Gasteiger partial charge is 0.507 e. The molecule has 2 heterocycles. The lowest BCUT2D eigenvalue weighted by atomic mass is 9.95. The van der Waals surface area contributed by atoms with E-state index in [1.165, 1.54) is 0 Å². The molecule has 0 bridgehead atoms. The normalized spacial score (nSPS) is 19.8. The second-order valence-corrected chi connectivity index (χ2v) is 9.17. The Balaban J connectivity index is 1.63. The minimum atomic E-state index is -0.684. The van der Waals surface area contributed by atoms with Crippen LogP contribution in [-0.2, 0) is 14.3 Å². The lowest BCUT2D eigenvalue weighted by molar-refractivity contribution is -0.140. The van der Waals surface area contributed by atoms with Gasteiger partial charge in [-0.2, -0.15) is 0 Å². The highest BCUT2D eigenvalue weighted by Gasteiger charge is 2.45. The number of morpholine rings is 1. The third-order valence-corrected chi connectivity index (χ3v) is 6.62. The van der Waals surface area contributed by atoms with Crippen LogP contribution in [0.4, 0.5) is 0 Å². The fourth-order valence-electron chi connectivity index (χ4n) is 4.74. The first-order valence-corrected chi connectivity index (χ1v) is 13.1. The highest BCUT2D eigenvalue weighted by atomic mass is 16.5. The van der Waals surface area contributed by atoms with Crippen molar-refractivity contribution >= 4 is 17.4 Å². The summed E-state index contributed by atoms with van der Waals surface area (Å²) in [5, 5.41) is 11.3. The molecule has 8 nitrogen and oxygen atoms in total. The summed E-state index contributed by atoms with van der Waals surface area (Å²) in [4.78, 5) is 30.4. The molecule has 1 N–H and O–H groups in total. The van der Waals surface area contributed by atoms with Gasteiger partial charge in [-0.25, -0.2) is 0 Å². The SMILES string of the molecule is CCCOc1ccc(/C(O)=C2\C(=O)C(=O)N(CCCN3CCOCC3)[C@@H]2c2ccc(OCC)cc2)cc1. The first-order chi connectivity index (χ1) is 18.0. The highest BCUT2D eigenvalue weighted by molar-refractivity contribution is 6.46. The minimum absolute atomic E-state index is 0.0998. The number of carbonyl (C=O) groups excluding carboxylic acids is 2. The Morgan fingerprint density at radius 2 is 1.59 bits per heavy atom. The van der Waals surface area contributed by atoms with Gasteiger partial charge in [0.2, 0.25) is 0 Å². The van der Waals surface area contributed by atoms with Gasteiger partial charge < -0.3 is 24.2 Å².